The number of ether oxygens (including phenoxy) is 3. The van der Waals surface area contributed by atoms with Gasteiger partial charge in [-0.2, -0.15) is 0 Å². The predicted molar refractivity (Wildman–Crippen MR) is 96.6 cm³/mol. The molecule has 0 radical (unpaired) electrons. The molecule has 11 nitrogen and oxygen atoms in total. The summed E-state index contributed by atoms with van der Waals surface area (Å²) in [7, 11) is 0. The van der Waals surface area contributed by atoms with Gasteiger partial charge in [0.2, 0.25) is 11.8 Å². The number of non-ortho nitro benzene ring substituents is 1. The Morgan fingerprint density at radius 3 is 2.27 bits per heavy atom. The Hall–Kier alpha value is -3.60. The quantitative estimate of drug-likeness (QED) is 0.170. The van der Waals surface area contributed by atoms with Crippen LogP contribution in [0, 0.1) is 22.0 Å². The number of hydrogen-bond donors (Lipinski definition) is 0. The Bertz CT molecular complexity index is 986. The van der Waals surface area contributed by atoms with E-state index in [2.05, 4.69) is 0 Å². The van der Waals surface area contributed by atoms with E-state index in [1.54, 1.807) is 6.08 Å². The van der Waals surface area contributed by atoms with E-state index in [0.29, 0.717) is 0 Å². The van der Waals surface area contributed by atoms with Gasteiger partial charge in [0.15, 0.2) is 5.60 Å². The van der Waals surface area contributed by atoms with E-state index >= 15 is 0 Å². The third-order valence-electron chi connectivity index (χ3n) is 5.31. The van der Waals surface area contributed by atoms with Crippen LogP contribution in [0.3, 0.4) is 0 Å². The van der Waals surface area contributed by atoms with Crippen molar-refractivity contribution < 1.29 is 38.3 Å². The van der Waals surface area contributed by atoms with Gasteiger partial charge in [0, 0.05) is 26.0 Å². The molecule has 0 N–H and O–H groups in total. The van der Waals surface area contributed by atoms with E-state index in [1.165, 1.54) is 30.3 Å². The number of imide groups is 1. The zero-order chi connectivity index (χ0) is 21.8. The van der Waals surface area contributed by atoms with Gasteiger partial charge in [-0.1, -0.05) is 6.08 Å². The molecule has 30 heavy (non-hydrogen) atoms. The van der Waals surface area contributed by atoms with E-state index in [0.717, 1.165) is 18.7 Å². The van der Waals surface area contributed by atoms with Crippen LogP contribution < -0.4 is 4.90 Å². The van der Waals surface area contributed by atoms with Crippen LogP contribution in [-0.2, 0) is 33.4 Å². The summed E-state index contributed by atoms with van der Waals surface area (Å²) in [6.45, 7) is 2.22. The molecule has 2 saturated heterocycles. The highest BCUT2D eigenvalue weighted by molar-refractivity contribution is 6.23. The fraction of sp³-hybridized carbons (Fsp3) is 0.368. The van der Waals surface area contributed by atoms with Gasteiger partial charge in [0.05, 0.1) is 28.6 Å². The molecule has 3 aliphatic rings. The van der Waals surface area contributed by atoms with Crippen LogP contribution in [0.4, 0.5) is 11.4 Å². The lowest BCUT2D eigenvalue weighted by Gasteiger charge is -2.34. The molecule has 0 unspecified atom stereocenters. The maximum Gasteiger partial charge on any atom is 0.305 e. The van der Waals surface area contributed by atoms with Crippen molar-refractivity contribution in [3.05, 3.63) is 46.5 Å². The SMILES string of the molecule is CC(=O)OC(OC(C)=O)[C@@]12C=C[C@@H](O1)[C@H]1C(=O)N(c3ccc([N+](=O)[O-])cc3)C(=O)[C@H]12. The molecular formula is C19H16N2O9. The number of nitrogens with zero attached hydrogens (tertiary/aromatic N) is 2. The van der Waals surface area contributed by atoms with Crippen molar-refractivity contribution in [1.29, 1.82) is 0 Å². The lowest BCUT2D eigenvalue weighted by Crippen LogP contribution is -2.52. The Morgan fingerprint density at radius 1 is 1.13 bits per heavy atom. The second-order valence-electron chi connectivity index (χ2n) is 7.13. The lowest BCUT2D eigenvalue weighted by atomic mass is 9.76. The average molecular weight is 416 g/mol. The minimum atomic E-state index is -1.64. The zero-order valence-corrected chi connectivity index (χ0v) is 15.8. The topological polar surface area (TPSA) is 142 Å². The Labute approximate surface area is 169 Å². The summed E-state index contributed by atoms with van der Waals surface area (Å²) in [6, 6.07) is 4.97. The molecule has 0 aliphatic carbocycles. The molecule has 1 aromatic rings. The number of hydrogen-bond acceptors (Lipinski definition) is 9. The third-order valence-corrected chi connectivity index (χ3v) is 5.31. The van der Waals surface area contributed by atoms with E-state index < -0.39 is 58.5 Å². The summed E-state index contributed by atoms with van der Waals surface area (Å²) in [6.07, 6.45) is 0.700. The van der Waals surface area contributed by atoms with E-state index in [1.807, 2.05) is 0 Å². The number of esters is 2. The van der Waals surface area contributed by atoms with Crippen molar-refractivity contribution in [2.45, 2.75) is 31.8 Å². The number of anilines is 1. The lowest BCUT2D eigenvalue weighted by molar-refractivity contribution is -0.384. The second kappa shape index (κ2) is 6.73. The van der Waals surface area contributed by atoms with Gasteiger partial charge >= 0.3 is 11.9 Å². The number of nitro benzene ring substituents is 1. The smallest absolute Gasteiger partial charge is 0.305 e. The molecule has 0 aromatic heterocycles. The number of fused-ring (bicyclic) bond motifs is 5. The van der Waals surface area contributed by atoms with Gasteiger partial charge in [-0.25, -0.2) is 4.90 Å². The van der Waals surface area contributed by atoms with Crippen molar-refractivity contribution in [1.82, 2.24) is 0 Å². The molecule has 2 fully saturated rings. The first kappa shape index (κ1) is 19.7. The highest BCUT2D eigenvalue weighted by atomic mass is 16.7. The maximum atomic E-state index is 13.3. The normalized spacial score (nSPS) is 28.8. The summed E-state index contributed by atoms with van der Waals surface area (Å²) >= 11 is 0. The minimum absolute atomic E-state index is 0.163. The molecule has 156 valence electrons. The van der Waals surface area contributed by atoms with Crippen molar-refractivity contribution in [2.75, 3.05) is 4.90 Å². The van der Waals surface area contributed by atoms with Gasteiger partial charge in [0.1, 0.15) is 0 Å². The number of carbonyl (C=O) groups excluding carboxylic acids is 4. The summed E-state index contributed by atoms with van der Waals surface area (Å²) in [4.78, 5) is 60.6. The predicted octanol–water partition coefficient (Wildman–Crippen LogP) is 0.860. The molecule has 11 heteroatoms. The molecule has 2 amide bonds. The second-order valence-corrected chi connectivity index (χ2v) is 7.13. The van der Waals surface area contributed by atoms with Crippen LogP contribution in [0.25, 0.3) is 0 Å². The largest absolute Gasteiger partial charge is 0.422 e. The summed E-state index contributed by atoms with van der Waals surface area (Å²) in [5.41, 5.74) is -1.67. The highest BCUT2D eigenvalue weighted by Gasteiger charge is 2.72. The van der Waals surface area contributed by atoms with Crippen molar-refractivity contribution in [3.8, 4) is 0 Å². The highest BCUT2D eigenvalue weighted by Crippen LogP contribution is 2.54. The van der Waals surface area contributed by atoms with Gasteiger partial charge in [-0.3, -0.25) is 29.3 Å². The van der Waals surface area contributed by atoms with Crippen LogP contribution in [0.5, 0.6) is 0 Å². The molecular weight excluding hydrogens is 400 g/mol. The zero-order valence-electron chi connectivity index (χ0n) is 15.8. The van der Waals surface area contributed by atoms with Crippen LogP contribution in [-0.4, -0.2) is 46.7 Å². The standard InChI is InChI=1S/C19H16N2O9/c1-9(22)28-18(29-10(2)23)19-8-7-13(30-19)14-15(19)17(25)20(16(14)24)11-3-5-12(6-4-11)21(26)27/h3-8,13-15,18H,1-2H3/t13-,14-,15+,19+/m1/s1. The fourth-order valence-electron chi connectivity index (χ4n) is 4.19. The number of rotatable bonds is 5. The molecule has 2 bridgehead atoms. The minimum Gasteiger partial charge on any atom is -0.422 e. The van der Waals surface area contributed by atoms with E-state index in [9.17, 15) is 29.3 Å². The molecule has 3 aliphatic heterocycles. The van der Waals surface area contributed by atoms with Crippen LogP contribution in [0.1, 0.15) is 13.8 Å². The molecule has 0 spiro atoms. The first-order valence-corrected chi connectivity index (χ1v) is 8.99. The Morgan fingerprint density at radius 2 is 1.73 bits per heavy atom. The van der Waals surface area contributed by atoms with Gasteiger partial charge < -0.3 is 14.2 Å². The third kappa shape index (κ3) is 2.77. The average Bonchev–Trinajstić information content (AvgIpc) is 3.32. The molecule has 4 atom stereocenters. The molecule has 3 heterocycles. The van der Waals surface area contributed by atoms with Crippen molar-refractivity contribution in [2.24, 2.45) is 11.8 Å². The first-order valence-electron chi connectivity index (χ1n) is 8.99. The number of nitro groups is 1. The summed E-state index contributed by atoms with van der Waals surface area (Å²) in [5, 5.41) is 10.9. The fourth-order valence-corrected chi connectivity index (χ4v) is 4.19. The Balaban J connectivity index is 1.71. The van der Waals surface area contributed by atoms with Crippen LogP contribution >= 0.6 is 0 Å². The number of benzene rings is 1. The van der Waals surface area contributed by atoms with E-state index in [4.69, 9.17) is 14.2 Å². The monoisotopic (exact) mass is 416 g/mol. The van der Waals surface area contributed by atoms with Gasteiger partial charge in [-0.15, -0.1) is 0 Å². The van der Waals surface area contributed by atoms with Gasteiger partial charge in [-0.05, 0) is 18.2 Å². The molecule has 0 saturated carbocycles. The number of carbonyl (C=O) groups is 4. The first-order chi connectivity index (χ1) is 14.2. The Kier molecular flexibility index (Phi) is 4.42. The van der Waals surface area contributed by atoms with E-state index in [-0.39, 0.29) is 11.4 Å². The summed E-state index contributed by atoms with van der Waals surface area (Å²) in [5.74, 6) is -4.73. The molecule has 1 aromatic carbocycles. The van der Waals surface area contributed by atoms with Crippen molar-refractivity contribution in [3.63, 3.8) is 0 Å². The van der Waals surface area contributed by atoms with Crippen LogP contribution in [0.15, 0.2) is 36.4 Å². The summed E-state index contributed by atoms with van der Waals surface area (Å²) < 4.78 is 16.1. The maximum absolute atomic E-state index is 13.3. The van der Waals surface area contributed by atoms with Crippen LogP contribution in [0.2, 0.25) is 0 Å². The van der Waals surface area contributed by atoms with Crippen molar-refractivity contribution >= 4 is 35.1 Å². The molecule has 4 rings (SSSR count). The van der Waals surface area contributed by atoms with Gasteiger partial charge in [0.25, 0.3) is 12.0 Å². The number of amides is 2.